The minimum atomic E-state index is -0.953. The molecule has 86 valence electrons. The zero-order chi connectivity index (χ0) is 12.3. The second kappa shape index (κ2) is 4.47. The van der Waals surface area contributed by atoms with Gasteiger partial charge in [0.05, 0.1) is 6.42 Å². The van der Waals surface area contributed by atoms with Gasteiger partial charge in [-0.05, 0) is 13.0 Å². The molecular formula is C13H16O3. The normalized spacial score (nSPS) is 11.2. The maximum Gasteiger partial charge on any atom is 0.304 e. The van der Waals surface area contributed by atoms with Crippen LogP contribution in [0.25, 0.3) is 0 Å². The molecule has 0 aliphatic rings. The van der Waals surface area contributed by atoms with Gasteiger partial charge in [0, 0.05) is 11.0 Å². The molecule has 0 saturated heterocycles. The minimum absolute atomic E-state index is 0.126. The van der Waals surface area contributed by atoms with Crippen LogP contribution in [0.15, 0.2) is 24.3 Å². The second-order valence-electron chi connectivity index (χ2n) is 4.65. The molecule has 0 amide bonds. The van der Waals surface area contributed by atoms with Gasteiger partial charge in [-0.25, -0.2) is 0 Å². The Hall–Kier alpha value is -1.64. The van der Waals surface area contributed by atoms with Crippen molar-refractivity contribution in [2.24, 2.45) is 5.41 Å². The molecule has 0 atom stereocenters. The summed E-state index contributed by atoms with van der Waals surface area (Å²) in [6.45, 7) is 5.22. The number of Topliss-reactive ketones (excluding diaryl/α,β-unsaturated/α-hetero) is 1. The minimum Gasteiger partial charge on any atom is -0.481 e. The summed E-state index contributed by atoms with van der Waals surface area (Å²) >= 11 is 0. The first-order chi connectivity index (χ1) is 7.33. The van der Waals surface area contributed by atoms with E-state index in [2.05, 4.69) is 0 Å². The zero-order valence-corrected chi connectivity index (χ0v) is 9.78. The molecule has 3 nitrogen and oxygen atoms in total. The van der Waals surface area contributed by atoms with Crippen molar-refractivity contribution in [1.29, 1.82) is 0 Å². The molecule has 0 radical (unpaired) electrons. The first-order valence-electron chi connectivity index (χ1n) is 5.16. The van der Waals surface area contributed by atoms with Gasteiger partial charge < -0.3 is 5.11 Å². The fourth-order valence-electron chi connectivity index (χ4n) is 1.64. The standard InChI is InChI=1S/C13H16O3/c1-9-5-4-6-10(7-9)12(16)13(2,3)8-11(14)15/h4-7H,8H2,1-3H3,(H,14,15). The van der Waals surface area contributed by atoms with Gasteiger partial charge in [0.25, 0.3) is 0 Å². The highest BCUT2D eigenvalue weighted by Crippen LogP contribution is 2.26. The van der Waals surface area contributed by atoms with Gasteiger partial charge in [-0.2, -0.15) is 0 Å². The molecule has 16 heavy (non-hydrogen) atoms. The average Bonchev–Trinajstić information content (AvgIpc) is 2.14. The van der Waals surface area contributed by atoms with Crippen molar-refractivity contribution in [3.05, 3.63) is 35.4 Å². The van der Waals surface area contributed by atoms with E-state index >= 15 is 0 Å². The van der Waals surface area contributed by atoms with Crippen molar-refractivity contribution in [1.82, 2.24) is 0 Å². The third kappa shape index (κ3) is 2.92. The van der Waals surface area contributed by atoms with Crippen LogP contribution in [0.5, 0.6) is 0 Å². The lowest BCUT2D eigenvalue weighted by Gasteiger charge is -2.20. The summed E-state index contributed by atoms with van der Waals surface area (Å²) in [6.07, 6.45) is -0.153. The summed E-state index contributed by atoms with van der Waals surface area (Å²) in [5.41, 5.74) is 0.711. The Morgan fingerprint density at radius 3 is 2.44 bits per heavy atom. The number of aryl methyl sites for hydroxylation is 1. The number of aliphatic carboxylic acids is 1. The molecule has 0 aliphatic carbocycles. The van der Waals surface area contributed by atoms with Crippen LogP contribution in [0.1, 0.15) is 36.2 Å². The molecule has 0 saturated carbocycles. The van der Waals surface area contributed by atoms with E-state index in [-0.39, 0.29) is 12.2 Å². The van der Waals surface area contributed by atoms with Crippen molar-refractivity contribution in [2.45, 2.75) is 27.2 Å². The Balaban J connectivity index is 2.97. The number of ketones is 1. The molecule has 3 heteroatoms. The topological polar surface area (TPSA) is 54.4 Å². The smallest absolute Gasteiger partial charge is 0.304 e. The highest BCUT2D eigenvalue weighted by atomic mass is 16.4. The summed E-state index contributed by atoms with van der Waals surface area (Å²) in [4.78, 5) is 22.8. The number of hydrogen-bond acceptors (Lipinski definition) is 2. The molecule has 1 rings (SSSR count). The van der Waals surface area contributed by atoms with Gasteiger partial charge in [0.2, 0.25) is 0 Å². The van der Waals surface area contributed by atoms with Crippen LogP contribution < -0.4 is 0 Å². The Morgan fingerprint density at radius 1 is 1.31 bits per heavy atom. The Labute approximate surface area is 95.1 Å². The van der Waals surface area contributed by atoms with Crippen LogP contribution in [-0.4, -0.2) is 16.9 Å². The summed E-state index contributed by atoms with van der Waals surface area (Å²) in [6, 6.07) is 7.21. The van der Waals surface area contributed by atoms with Gasteiger partial charge in [-0.3, -0.25) is 9.59 Å². The van der Waals surface area contributed by atoms with Gasteiger partial charge in [0.1, 0.15) is 0 Å². The molecule has 0 aliphatic heterocycles. The summed E-state index contributed by atoms with van der Waals surface area (Å²) < 4.78 is 0. The van der Waals surface area contributed by atoms with Crippen molar-refractivity contribution < 1.29 is 14.7 Å². The molecular weight excluding hydrogens is 204 g/mol. The van der Waals surface area contributed by atoms with Crippen LogP contribution in [0.3, 0.4) is 0 Å². The lowest BCUT2D eigenvalue weighted by molar-refractivity contribution is -0.138. The van der Waals surface area contributed by atoms with E-state index in [1.165, 1.54) is 0 Å². The fourth-order valence-corrected chi connectivity index (χ4v) is 1.64. The molecule has 1 N–H and O–H groups in total. The van der Waals surface area contributed by atoms with Crippen LogP contribution in [-0.2, 0) is 4.79 Å². The van der Waals surface area contributed by atoms with E-state index in [1.807, 2.05) is 13.0 Å². The molecule has 0 aromatic heterocycles. The van der Waals surface area contributed by atoms with Crippen molar-refractivity contribution >= 4 is 11.8 Å². The third-order valence-electron chi connectivity index (χ3n) is 2.49. The molecule has 0 bridgehead atoms. The van der Waals surface area contributed by atoms with Gasteiger partial charge in [-0.15, -0.1) is 0 Å². The summed E-state index contributed by atoms with van der Waals surface area (Å²) in [5.74, 6) is -1.08. The van der Waals surface area contributed by atoms with E-state index in [4.69, 9.17) is 5.11 Å². The number of carbonyl (C=O) groups excluding carboxylic acids is 1. The monoisotopic (exact) mass is 220 g/mol. The number of carboxylic acids is 1. The number of carboxylic acid groups (broad SMARTS) is 1. The maximum atomic E-state index is 12.1. The third-order valence-corrected chi connectivity index (χ3v) is 2.49. The predicted molar refractivity (Wildman–Crippen MR) is 61.5 cm³/mol. The number of carbonyl (C=O) groups is 2. The maximum absolute atomic E-state index is 12.1. The van der Waals surface area contributed by atoms with E-state index < -0.39 is 11.4 Å². The quantitative estimate of drug-likeness (QED) is 0.794. The molecule has 0 heterocycles. The van der Waals surface area contributed by atoms with Crippen molar-refractivity contribution in [3.63, 3.8) is 0 Å². The number of benzene rings is 1. The second-order valence-corrected chi connectivity index (χ2v) is 4.65. The zero-order valence-electron chi connectivity index (χ0n) is 9.78. The van der Waals surface area contributed by atoms with E-state index in [9.17, 15) is 9.59 Å². The number of hydrogen-bond donors (Lipinski definition) is 1. The SMILES string of the molecule is Cc1cccc(C(=O)C(C)(C)CC(=O)O)c1. The lowest BCUT2D eigenvalue weighted by Crippen LogP contribution is -2.27. The van der Waals surface area contributed by atoms with E-state index in [1.54, 1.807) is 32.0 Å². The van der Waals surface area contributed by atoms with Gasteiger partial charge in [0.15, 0.2) is 5.78 Å². The molecule has 0 fully saturated rings. The van der Waals surface area contributed by atoms with Gasteiger partial charge in [-0.1, -0.05) is 37.6 Å². The highest BCUT2D eigenvalue weighted by molar-refractivity contribution is 6.01. The van der Waals surface area contributed by atoms with E-state index in [0.717, 1.165) is 5.56 Å². The number of rotatable bonds is 4. The lowest BCUT2D eigenvalue weighted by atomic mass is 9.81. The first kappa shape index (κ1) is 12.4. The Morgan fingerprint density at radius 2 is 1.94 bits per heavy atom. The molecule has 1 aromatic rings. The van der Waals surface area contributed by atoms with Crippen LogP contribution >= 0.6 is 0 Å². The average molecular weight is 220 g/mol. The largest absolute Gasteiger partial charge is 0.481 e. The fraction of sp³-hybridized carbons (Fsp3) is 0.385. The summed E-state index contributed by atoms with van der Waals surface area (Å²) in [7, 11) is 0. The van der Waals surface area contributed by atoms with Crippen LogP contribution in [0.4, 0.5) is 0 Å². The van der Waals surface area contributed by atoms with E-state index in [0.29, 0.717) is 5.56 Å². The van der Waals surface area contributed by atoms with Gasteiger partial charge >= 0.3 is 5.97 Å². The van der Waals surface area contributed by atoms with Crippen LogP contribution in [0.2, 0.25) is 0 Å². The predicted octanol–water partition coefficient (Wildman–Crippen LogP) is 2.68. The van der Waals surface area contributed by atoms with Crippen molar-refractivity contribution in [3.8, 4) is 0 Å². The summed E-state index contributed by atoms with van der Waals surface area (Å²) in [5, 5.41) is 8.75. The first-order valence-corrected chi connectivity index (χ1v) is 5.16. The highest BCUT2D eigenvalue weighted by Gasteiger charge is 2.31. The Bertz CT molecular complexity index is 419. The van der Waals surface area contributed by atoms with Crippen molar-refractivity contribution in [2.75, 3.05) is 0 Å². The molecule has 1 aromatic carbocycles. The Kier molecular flexibility index (Phi) is 3.48. The molecule has 0 unspecified atom stereocenters. The molecule has 0 spiro atoms. The van der Waals surface area contributed by atoms with Crippen LogP contribution in [0, 0.1) is 12.3 Å².